The number of morpholine rings is 1. The standard InChI is InChI=1S/C15H17BrN4O/c1-10-8-14(19-15(17)18-10)20-6-7-21-13(9-20)11-2-4-12(16)5-3-11/h2-5,8,13H,6-7,9H2,1H3,(H2,17,18,19)/t13-/m0/s1. The lowest BCUT2D eigenvalue weighted by molar-refractivity contribution is 0.0395. The molecular formula is C15H17BrN4O. The first kappa shape index (κ1) is 14.3. The molecule has 0 aliphatic carbocycles. The smallest absolute Gasteiger partial charge is 0.222 e. The number of rotatable bonds is 2. The van der Waals surface area contributed by atoms with Gasteiger partial charge in [0.25, 0.3) is 0 Å². The Bertz CT molecular complexity index is 612. The Hall–Kier alpha value is -1.66. The molecule has 2 heterocycles. The first-order valence-corrected chi connectivity index (χ1v) is 7.64. The SMILES string of the molecule is Cc1cc(N2CCO[C@H](c3ccc(Br)cc3)C2)nc(N)n1. The summed E-state index contributed by atoms with van der Waals surface area (Å²) in [6, 6.07) is 10.2. The summed E-state index contributed by atoms with van der Waals surface area (Å²) >= 11 is 3.45. The molecule has 1 aliphatic heterocycles. The van der Waals surface area contributed by atoms with Gasteiger partial charge in [-0.15, -0.1) is 0 Å². The van der Waals surface area contributed by atoms with Gasteiger partial charge in [0, 0.05) is 29.3 Å². The van der Waals surface area contributed by atoms with Crippen LogP contribution in [-0.2, 0) is 4.74 Å². The van der Waals surface area contributed by atoms with E-state index in [1.807, 2.05) is 25.1 Å². The normalized spacial score (nSPS) is 18.8. The van der Waals surface area contributed by atoms with Crippen molar-refractivity contribution in [2.75, 3.05) is 30.3 Å². The fourth-order valence-electron chi connectivity index (χ4n) is 2.47. The number of hydrogen-bond acceptors (Lipinski definition) is 5. The molecule has 0 saturated carbocycles. The number of nitrogens with zero attached hydrogens (tertiary/aromatic N) is 3. The minimum atomic E-state index is 0.0448. The van der Waals surface area contributed by atoms with Crippen LogP contribution < -0.4 is 10.6 Å². The maximum atomic E-state index is 5.88. The van der Waals surface area contributed by atoms with Crippen molar-refractivity contribution in [3.8, 4) is 0 Å². The largest absolute Gasteiger partial charge is 0.370 e. The molecule has 5 nitrogen and oxygen atoms in total. The lowest BCUT2D eigenvalue weighted by atomic mass is 10.1. The molecule has 0 radical (unpaired) electrons. The van der Waals surface area contributed by atoms with Crippen LogP contribution >= 0.6 is 15.9 Å². The van der Waals surface area contributed by atoms with E-state index in [0.29, 0.717) is 12.6 Å². The third-order valence-electron chi connectivity index (χ3n) is 3.49. The van der Waals surface area contributed by atoms with Crippen molar-refractivity contribution >= 4 is 27.7 Å². The topological polar surface area (TPSA) is 64.3 Å². The van der Waals surface area contributed by atoms with Crippen molar-refractivity contribution in [3.63, 3.8) is 0 Å². The molecule has 0 bridgehead atoms. The minimum Gasteiger partial charge on any atom is -0.370 e. The van der Waals surface area contributed by atoms with Crippen LogP contribution in [0.4, 0.5) is 11.8 Å². The van der Waals surface area contributed by atoms with Crippen molar-refractivity contribution in [3.05, 3.63) is 46.1 Å². The Kier molecular flexibility index (Phi) is 4.07. The summed E-state index contributed by atoms with van der Waals surface area (Å²) in [6.45, 7) is 4.17. The summed E-state index contributed by atoms with van der Waals surface area (Å²) in [5.74, 6) is 1.18. The van der Waals surface area contributed by atoms with Gasteiger partial charge in [0.05, 0.1) is 6.61 Å². The summed E-state index contributed by atoms with van der Waals surface area (Å²) in [4.78, 5) is 10.6. The van der Waals surface area contributed by atoms with E-state index < -0.39 is 0 Å². The van der Waals surface area contributed by atoms with Crippen LogP contribution in [0.1, 0.15) is 17.4 Å². The van der Waals surface area contributed by atoms with Crippen LogP contribution in [0.15, 0.2) is 34.8 Å². The molecule has 6 heteroatoms. The van der Waals surface area contributed by atoms with Crippen LogP contribution in [0.5, 0.6) is 0 Å². The van der Waals surface area contributed by atoms with Gasteiger partial charge < -0.3 is 15.4 Å². The molecule has 1 saturated heterocycles. The Morgan fingerprint density at radius 2 is 2.05 bits per heavy atom. The zero-order valence-corrected chi connectivity index (χ0v) is 13.4. The number of ether oxygens (including phenoxy) is 1. The number of aryl methyl sites for hydroxylation is 1. The maximum Gasteiger partial charge on any atom is 0.222 e. The van der Waals surface area contributed by atoms with Gasteiger partial charge in [-0.25, -0.2) is 4.98 Å². The average molecular weight is 349 g/mol. The highest BCUT2D eigenvalue weighted by Crippen LogP contribution is 2.26. The number of hydrogen-bond donors (Lipinski definition) is 1. The Morgan fingerprint density at radius 1 is 1.29 bits per heavy atom. The number of nitrogens with two attached hydrogens (primary N) is 1. The van der Waals surface area contributed by atoms with E-state index in [1.54, 1.807) is 0 Å². The molecule has 0 amide bonds. The quantitative estimate of drug-likeness (QED) is 0.903. The number of halogens is 1. The molecule has 0 spiro atoms. The first-order chi connectivity index (χ1) is 10.1. The maximum absolute atomic E-state index is 5.88. The molecule has 2 N–H and O–H groups in total. The molecule has 1 aromatic carbocycles. The van der Waals surface area contributed by atoms with Crippen molar-refractivity contribution in [1.29, 1.82) is 0 Å². The lowest BCUT2D eigenvalue weighted by Gasteiger charge is -2.34. The fourth-order valence-corrected chi connectivity index (χ4v) is 2.74. The van der Waals surface area contributed by atoms with Gasteiger partial charge in [0.1, 0.15) is 11.9 Å². The molecule has 2 aromatic rings. The average Bonchev–Trinajstić information content (AvgIpc) is 2.47. The number of aromatic nitrogens is 2. The van der Waals surface area contributed by atoms with Crippen molar-refractivity contribution in [2.24, 2.45) is 0 Å². The number of benzene rings is 1. The minimum absolute atomic E-state index is 0.0448. The summed E-state index contributed by atoms with van der Waals surface area (Å²) in [5.41, 5.74) is 7.79. The van der Waals surface area contributed by atoms with Crippen LogP contribution in [0.2, 0.25) is 0 Å². The molecular weight excluding hydrogens is 332 g/mol. The van der Waals surface area contributed by atoms with Crippen LogP contribution in [0, 0.1) is 6.92 Å². The van der Waals surface area contributed by atoms with Crippen LogP contribution in [-0.4, -0.2) is 29.7 Å². The zero-order chi connectivity index (χ0) is 14.8. The van der Waals surface area contributed by atoms with E-state index in [2.05, 4.69) is 42.9 Å². The number of nitrogen functional groups attached to an aromatic ring is 1. The van der Waals surface area contributed by atoms with Gasteiger partial charge in [-0.2, -0.15) is 4.98 Å². The van der Waals surface area contributed by atoms with E-state index >= 15 is 0 Å². The molecule has 1 aliphatic rings. The van der Waals surface area contributed by atoms with Crippen LogP contribution in [0.25, 0.3) is 0 Å². The van der Waals surface area contributed by atoms with E-state index in [0.717, 1.165) is 29.1 Å². The van der Waals surface area contributed by atoms with Crippen molar-refractivity contribution in [1.82, 2.24) is 9.97 Å². The predicted molar refractivity (Wildman–Crippen MR) is 86.2 cm³/mol. The molecule has 1 atom stereocenters. The molecule has 110 valence electrons. The van der Waals surface area contributed by atoms with E-state index in [9.17, 15) is 0 Å². The van der Waals surface area contributed by atoms with Crippen LogP contribution in [0.3, 0.4) is 0 Å². The van der Waals surface area contributed by atoms with Gasteiger partial charge >= 0.3 is 0 Å². The summed E-state index contributed by atoms with van der Waals surface area (Å²) in [7, 11) is 0. The Morgan fingerprint density at radius 3 is 2.76 bits per heavy atom. The third kappa shape index (κ3) is 3.33. The van der Waals surface area contributed by atoms with Gasteiger partial charge in [0.2, 0.25) is 5.95 Å². The van der Waals surface area contributed by atoms with Gasteiger partial charge in [0.15, 0.2) is 0 Å². The van der Waals surface area contributed by atoms with E-state index in [4.69, 9.17) is 10.5 Å². The second-order valence-electron chi connectivity index (χ2n) is 5.08. The highest BCUT2D eigenvalue weighted by atomic mass is 79.9. The highest BCUT2D eigenvalue weighted by molar-refractivity contribution is 9.10. The molecule has 3 rings (SSSR count). The van der Waals surface area contributed by atoms with Crippen molar-refractivity contribution < 1.29 is 4.74 Å². The van der Waals surface area contributed by atoms with E-state index in [1.165, 1.54) is 5.56 Å². The Labute approximate surface area is 132 Å². The second-order valence-corrected chi connectivity index (χ2v) is 6.00. The summed E-state index contributed by atoms with van der Waals surface area (Å²) < 4.78 is 6.95. The monoisotopic (exact) mass is 348 g/mol. The lowest BCUT2D eigenvalue weighted by Crippen LogP contribution is -2.39. The zero-order valence-electron chi connectivity index (χ0n) is 11.8. The van der Waals surface area contributed by atoms with Gasteiger partial charge in [-0.1, -0.05) is 28.1 Å². The first-order valence-electron chi connectivity index (χ1n) is 6.85. The molecule has 1 fully saturated rings. The van der Waals surface area contributed by atoms with Gasteiger partial charge in [-0.05, 0) is 24.6 Å². The Balaban J connectivity index is 1.80. The van der Waals surface area contributed by atoms with Gasteiger partial charge in [-0.3, -0.25) is 0 Å². The molecule has 0 unspecified atom stereocenters. The number of anilines is 2. The van der Waals surface area contributed by atoms with E-state index in [-0.39, 0.29) is 6.10 Å². The third-order valence-corrected chi connectivity index (χ3v) is 4.02. The fraction of sp³-hybridized carbons (Fsp3) is 0.333. The summed E-state index contributed by atoms with van der Waals surface area (Å²) in [5, 5.41) is 0. The predicted octanol–water partition coefficient (Wildman–Crippen LogP) is 2.71. The summed E-state index contributed by atoms with van der Waals surface area (Å²) in [6.07, 6.45) is 0.0448. The molecule has 1 aromatic heterocycles. The van der Waals surface area contributed by atoms with Crippen molar-refractivity contribution in [2.45, 2.75) is 13.0 Å². The highest BCUT2D eigenvalue weighted by Gasteiger charge is 2.23. The molecule has 21 heavy (non-hydrogen) atoms. The second kappa shape index (κ2) is 5.99.